The summed E-state index contributed by atoms with van der Waals surface area (Å²) in [4.78, 5) is 13.4. The first-order valence-corrected chi connectivity index (χ1v) is 10.1. The Morgan fingerprint density at radius 1 is 1.36 bits per heavy atom. The Morgan fingerprint density at radius 3 is 2.68 bits per heavy atom. The Kier molecular flexibility index (Phi) is 6.73. The van der Waals surface area contributed by atoms with E-state index in [1.54, 1.807) is 19.9 Å². The molecule has 1 heterocycles. The minimum atomic E-state index is -3.91. The average molecular weight is 407 g/mol. The molecule has 2 N–H and O–H groups in total. The van der Waals surface area contributed by atoms with E-state index in [0.29, 0.717) is 0 Å². The number of amides is 1. The zero-order chi connectivity index (χ0) is 20.9. The molecule has 1 aliphatic rings. The van der Waals surface area contributed by atoms with Gasteiger partial charge in [0.05, 0.1) is 29.6 Å². The predicted octanol–water partition coefficient (Wildman–Crippen LogP) is 0.667. The maximum absolute atomic E-state index is 13.5. The molecule has 2 rings (SSSR count). The molecule has 0 aliphatic carbocycles. The van der Waals surface area contributed by atoms with E-state index in [1.165, 1.54) is 23.1 Å². The maximum Gasteiger partial charge on any atom is 0.241 e. The van der Waals surface area contributed by atoms with Crippen LogP contribution < -0.4 is 10.0 Å². The lowest BCUT2D eigenvalue weighted by atomic mass is 10.1. The van der Waals surface area contributed by atoms with Gasteiger partial charge in [-0.1, -0.05) is 12.1 Å². The fourth-order valence-corrected chi connectivity index (χ4v) is 4.18. The molecule has 0 bridgehead atoms. The van der Waals surface area contributed by atoms with Crippen molar-refractivity contribution < 1.29 is 17.6 Å². The van der Waals surface area contributed by atoms with E-state index < -0.39 is 33.7 Å². The third kappa shape index (κ3) is 5.26. The number of alkyl halides is 1. The van der Waals surface area contributed by atoms with E-state index in [0.717, 1.165) is 0 Å². The molecule has 1 aromatic carbocycles. The van der Waals surface area contributed by atoms with Gasteiger partial charge >= 0.3 is 0 Å². The van der Waals surface area contributed by atoms with Crippen molar-refractivity contribution in [2.75, 3.05) is 19.6 Å². The van der Waals surface area contributed by atoms with E-state index in [-0.39, 0.29) is 36.5 Å². The van der Waals surface area contributed by atoms with Gasteiger partial charge in [-0.05, 0) is 26.0 Å². The third-order valence-electron chi connectivity index (χ3n) is 4.44. The van der Waals surface area contributed by atoms with Crippen molar-refractivity contribution in [3.63, 3.8) is 0 Å². The molecule has 0 aromatic heterocycles. The van der Waals surface area contributed by atoms with Gasteiger partial charge in [0.1, 0.15) is 18.3 Å². The van der Waals surface area contributed by atoms with E-state index in [1.807, 2.05) is 12.1 Å². The number of benzene rings is 1. The third-order valence-corrected chi connectivity index (χ3v) is 5.90. The minimum absolute atomic E-state index is 0.00370. The zero-order valence-corrected chi connectivity index (χ0v) is 16.5. The van der Waals surface area contributed by atoms with Gasteiger partial charge in [-0.3, -0.25) is 4.79 Å². The Hall–Kier alpha value is -2.53. The molecule has 2 atom stereocenters. The van der Waals surface area contributed by atoms with Crippen LogP contribution >= 0.6 is 0 Å². The predicted molar refractivity (Wildman–Crippen MR) is 99.1 cm³/mol. The zero-order valence-electron chi connectivity index (χ0n) is 15.6. The van der Waals surface area contributed by atoms with Crippen LogP contribution in [-0.4, -0.2) is 56.6 Å². The van der Waals surface area contributed by atoms with Crippen LogP contribution in [0.2, 0.25) is 0 Å². The molecule has 8 nitrogen and oxygen atoms in total. The summed E-state index contributed by atoms with van der Waals surface area (Å²) in [6.45, 7) is 3.08. The molecule has 1 amide bonds. The number of carbonyl (C=O) groups is 1. The number of hydrogen-bond acceptors (Lipinski definition) is 6. The molecule has 0 radical (unpaired) electrons. The summed E-state index contributed by atoms with van der Waals surface area (Å²) in [5, 5.41) is 21.0. The first-order valence-electron chi connectivity index (χ1n) is 8.66. The van der Waals surface area contributed by atoms with Gasteiger partial charge in [0.25, 0.3) is 0 Å². The van der Waals surface area contributed by atoms with Crippen molar-refractivity contribution >= 4 is 15.9 Å². The summed E-state index contributed by atoms with van der Waals surface area (Å²) in [6, 6.07) is 8.83. The number of carbonyl (C=O) groups excluding carboxylic acids is 1. The highest BCUT2D eigenvalue weighted by Crippen LogP contribution is 2.20. The molecule has 1 saturated heterocycles. The Bertz CT molecular complexity index is 920. The highest BCUT2D eigenvalue weighted by molar-refractivity contribution is 7.89. The summed E-state index contributed by atoms with van der Waals surface area (Å²) < 4.78 is 40.8. The molecule has 1 fully saturated rings. The molecule has 0 spiro atoms. The van der Waals surface area contributed by atoms with Crippen molar-refractivity contribution in [1.29, 1.82) is 10.5 Å². The largest absolute Gasteiger partial charge is 0.323 e. The average Bonchev–Trinajstić information content (AvgIpc) is 3.05. The van der Waals surface area contributed by atoms with Gasteiger partial charge in [0.15, 0.2) is 0 Å². The number of hydrogen-bond donors (Lipinski definition) is 2. The summed E-state index contributed by atoms with van der Waals surface area (Å²) in [5.74, 6) is -0.419. The molecule has 0 unspecified atom stereocenters. The van der Waals surface area contributed by atoms with Crippen LogP contribution in [0, 0.1) is 22.7 Å². The van der Waals surface area contributed by atoms with Crippen LogP contribution in [0.25, 0.3) is 0 Å². The number of nitrogens with zero attached hydrogens (tertiary/aromatic N) is 3. The van der Waals surface area contributed by atoms with Gasteiger partial charge < -0.3 is 10.2 Å². The van der Waals surface area contributed by atoms with Crippen molar-refractivity contribution in [2.24, 2.45) is 0 Å². The van der Waals surface area contributed by atoms with Crippen LogP contribution in [0.15, 0.2) is 29.2 Å². The van der Waals surface area contributed by atoms with Gasteiger partial charge in [0.2, 0.25) is 15.9 Å². The number of halogens is 1. The molecule has 0 saturated carbocycles. The van der Waals surface area contributed by atoms with Crippen molar-refractivity contribution in [3.8, 4) is 12.1 Å². The lowest BCUT2D eigenvalue weighted by molar-refractivity contribution is -0.130. The van der Waals surface area contributed by atoms with Crippen molar-refractivity contribution in [3.05, 3.63) is 29.8 Å². The van der Waals surface area contributed by atoms with Crippen LogP contribution in [-0.2, 0) is 14.8 Å². The van der Waals surface area contributed by atoms with Crippen molar-refractivity contribution in [1.82, 2.24) is 14.9 Å². The SMILES string of the molecule is CC(C)(CNS(=O)(=O)c1ccccc1C#N)NCC(=O)N1C[C@@H](F)C[C@H]1C#N. The molecule has 1 aliphatic heterocycles. The number of sulfonamides is 1. The quantitative estimate of drug-likeness (QED) is 0.684. The molecule has 28 heavy (non-hydrogen) atoms. The topological polar surface area (TPSA) is 126 Å². The van der Waals surface area contributed by atoms with Gasteiger partial charge in [0, 0.05) is 18.5 Å². The fraction of sp³-hybridized carbons (Fsp3) is 0.500. The van der Waals surface area contributed by atoms with Crippen molar-refractivity contribution in [2.45, 2.75) is 42.9 Å². The Morgan fingerprint density at radius 2 is 2.04 bits per heavy atom. The molecular formula is C18H22FN5O3S. The molecule has 150 valence electrons. The number of nitrogens with one attached hydrogen (secondary N) is 2. The normalized spacial score (nSPS) is 19.8. The van der Waals surface area contributed by atoms with E-state index in [2.05, 4.69) is 10.0 Å². The number of likely N-dealkylation sites (tertiary alicyclic amines) is 1. The standard InChI is InChI=1S/C18H22FN5O3S/c1-18(2,22-10-17(25)24-11-14(19)7-15(24)9-21)12-23-28(26,27)16-6-4-3-5-13(16)8-20/h3-6,14-15,22-23H,7,10-12H2,1-2H3/t14-,15-/m0/s1. The van der Waals surface area contributed by atoms with Crippen LogP contribution in [0.1, 0.15) is 25.8 Å². The van der Waals surface area contributed by atoms with Crippen LogP contribution in [0.5, 0.6) is 0 Å². The summed E-state index contributed by atoms with van der Waals surface area (Å²) >= 11 is 0. The lowest BCUT2D eigenvalue weighted by Crippen LogP contribution is -2.52. The summed E-state index contributed by atoms with van der Waals surface area (Å²) in [7, 11) is -3.91. The maximum atomic E-state index is 13.5. The lowest BCUT2D eigenvalue weighted by Gasteiger charge is -2.28. The minimum Gasteiger partial charge on any atom is -0.323 e. The monoisotopic (exact) mass is 407 g/mol. The van der Waals surface area contributed by atoms with E-state index >= 15 is 0 Å². The first kappa shape index (κ1) is 21.8. The van der Waals surface area contributed by atoms with Crippen LogP contribution in [0.3, 0.4) is 0 Å². The first-order chi connectivity index (χ1) is 13.1. The smallest absolute Gasteiger partial charge is 0.241 e. The summed E-state index contributed by atoms with van der Waals surface area (Å²) in [5.41, 5.74) is -0.769. The second kappa shape index (κ2) is 8.65. The highest BCUT2D eigenvalue weighted by Gasteiger charge is 2.35. The molecule has 10 heteroatoms. The van der Waals surface area contributed by atoms with E-state index in [4.69, 9.17) is 10.5 Å². The second-order valence-corrected chi connectivity index (χ2v) is 8.93. The van der Waals surface area contributed by atoms with Gasteiger partial charge in [-0.25, -0.2) is 17.5 Å². The number of nitriles is 2. The van der Waals surface area contributed by atoms with E-state index in [9.17, 15) is 17.6 Å². The number of rotatable bonds is 7. The van der Waals surface area contributed by atoms with Gasteiger partial charge in [-0.15, -0.1) is 0 Å². The van der Waals surface area contributed by atoms with Gasteiger partial charge in [-0.2, -0.15) is 10.5 Å². The Labute approximate surface area is 164 Å². The molecular weight excluding hydrogens is 385 g/mol. The molecule has 1 aromatic rings. The Balaban J connectivity index is 1.96. The second-order valence-electron chi connectivity index (χ2n) is 7.19. The highest BCUT2D eigenvalue weighted by atomic mass is 32.2. The van der Waals surface area contributed by atoms with Crippen LogP contribution in [0.4, 0.5) is 4.39 Å². The summed E-state index contributed by atoms with van der Waals surface area (Å²) in [6.07, 6.45) is -1.21. The fourth-order valence-electron chi connectivity index (χ4n) is 2.81.